The van der Waals surface area contributed by atoms with Crippen molar-refractivity contribution in [3.05, 3.63) is 142 Å². The predicted molar refractivity (Wildman–Crippen MR) is 266 cm³/mol. The van der Waals surface area contributed by atoms with Gasteiger partial charge in [0.2, 0.25) is 29.3 Å². The molecule has 0 aliphatic carbocycles. The largest absolute Gasteiger partial charge is 0.495 e. The van der Waals surface area contributed by atoms with Crippen molar-refractivity contribution in [2.75, 3.05) is 55.8 Å². The molecule has 0 saturated heterocycles. The number of hydrogen-bond acceptors (Lipinski definition) is 17. The van der Waals surface area contributed by atoms with Crippen molar-refractivity contribution in [3.63, 3.8) is 0 Å². The molecule has 2 unspecified atom stereocenters. The first-order valence-electron chi connectivity index (χ1n) is 22.1. The second-order valence-corrected chi connectivity index (χ2v) is 15.8. The van der Waals surface area contributed by atoms with Gasteiger partial charge in [0.15, 0.2) is 11.9 Å². The average Bonchev–Trinajstić information content (AvgIpc) is 4.27. The van der Waals surface area contributed by atoms with E-state index in [1.54, 1.807) is 102 Å². The number of hydroxylamine groups is 2. The number of benzene rings is 4. The minimum Gasteiger partial charge on any atom is -0.495 e. The van der Waals surface area contributed by atoms with Crippen LogP contribution in [0.1, 0.15) is 59.5 Å². The number of rotatable bonds is 18. The number of hydrogen-bond donors (Lipinski definition) is 0. The Morgan fingerprint density at radius 3 is 1.40 bits per heavy atom. The van der Waals surface area contributed by atoms with Gasteiger partial charge in [-0.15, -0.1) is 20.4 Å². The van der Waals surface area contributed by atoms with Crippen LogP contribution in [0.5, 0.6) is 23.0 Å². The Labute approximate surface area is 425 Å². The van der Waals surface area contributed by atoms with E-state index in [9.17, 15) is 9.59 Å². The molecule has 0 aliphatic heterocycles. The molecule has 378 valence electrons. The minimum atomic E-state index is -0.836. The zero-order valence-corrected chi connectivity index (χ0v) is 42.7. The van der Waals surface area contributed by atoms with E-state index in [1.807, 2.05) is 50.2 Å². The number of methoxy groups -OCH3 is 4. The molecule has 0 bridgehead atoms. The highest BCUT2D eigenvalue weighted by Crippen LogP contribution is 2.41. The first-order valence-corrected chi connectivity index (χ1v) is 22.9. The normalized spacial score (nSPS) is 11.6. The molecule has 4 aromatic heterocycles. The lowest BCUT2D eigenvalue weighted by atomic mass is 10.0. The fourth-order valence-electron chi connectivity index (χ4n) is 6.87. The average molecular weight is 1030 g/mol. The minimum absolute atomic E-state index is 0.165. The van der Waals surface area contributed by atoms with Crippen molar-refractivity contribution in [3.8, 4) is 68.6 Å². The third-order valence-corrected chi connectivity index (χ3v) is 11.3. The van der Waals surface area contributed by atoms with Gasteiger partial charge in [0.05, 0.1) is 41.8 Å². The van der Waals surface area contributed by atoms with Gasteiger partial charge in [0, 0.05) is 56.4 Å². The molecule has 4 heterocycles. The molecule has 72 heavy (non-hydrogen) atoms. The highest BCUT2D eigenvalue weighted by molar-refractivity contribution is 6.34. The zero-order chi connectivity index (χ0) is 51.9. The van der Waals surface area contributed by atoms with Crippen molar-refractivity contribution >= 4 is 34.9 Å². The molecule has 0 radical (unpaired) electrons. The van der Waals surface area contributed by atoms with Gasteiger partial charge < -0.3 is 46.1 Å². The molecule has 0 saturated carbocycles. The maximum absolute atomic E-state index is 13.3. The molecule has 2 atom stereocenters. The Bertz CT molecular complexity index is 2960. The molecular formula is C52H53Cl2N5O13. The third-order valence-electron chi connectivity index (χ3n) is 10.5. The number of nitrogens with zero attached hydrogens (tertiary/aromatic N) is 5. The number of ether oxygens (including phenoxy) is 6. The fourth-order valence-corrected chi connectivity index (χ4v) is 7.40. The molecule has 20 heteroatoms. The van der Waals surface area contributed by atoms with Crippen LogP contribution in [0.15, 0.2) is 121 Å². The van der Waals surface area contributed by atoms with E-state index in [0.29, 0.717) is 86.7 Å². The Kier molecular flexibility index (Phi) is 19.1. The quantitative estimate of drug-likeness (QED) is 0.0578. The van der Waals surface area contributed by atoms with Crippen LogP contribution in [0.2, 0.25) is 10.0 Å². The van der Waals surface area contributed by atoms with Crippen molar-refractivity contribution < 1.29 is 60.5 Å². The van der Waals surface area contributed by atoms with Crippen LogP contribution in [0.3, 0.4) is 0 Å². The summed E-state index contributed by atoms with van der Waals surface area (Å²) in [5, 5.41) is 17.6. The molecule has 8 aromatic rings. The maximum atomic E-state index is 13.3. The topological polar surface area (TPSA) is 206 Å². The highest BCUT2D eigenvalue weighted by Gasteiger charge is 2.27. The number of ketones is 1. The number of furan rings is 2. The zero-order valence-electron chi connectivity index (χ0n) is 41.2. The summed E-state index contributed by atoms with van der Waals surface area (Å²) in [5.74, 6) is 4.63. The van der Waals surface area contributed by atoms with Crippen LogP contribution in [-0.2, 0) is 19.1 Å². The summed E-state index contributed by atoms with van der Waals surface area (Å²) in [6, 6.07) is 28.5. The maximum Gasteiger partial charge on any atom is 0.279 e. The second kappa shape index (κ2) is 25.6. The van der Waals surface area contributed by atoms with Crippen LogP contribution in [0, 0.1) is 13.8 Å². The first kappa shape index (κ1) is 53.9. The standard InChI is InChI=1S/C25H23ClN2O6.C15H19N3O4.C12H11ClO3/c1-5-32-24(15-6-8-16(9-7-15)25-28-27-14(2)33-25)23(29)19-11-10-18(34-19)17-12-20(30-3)22(26)21(13-17)31-4;1-5-21-13(15(19)18(3)20-4)11-6-8-12(9-7-11)14-17-16-10(2)22-14;1-14-10-6-8(9-4-3-5-16-9)7-11(15-2)12(10)13/h6-13,24H,5H2,1-4H3;6-9,13H,5H2,1-4H3;3-7H,1-2H3. The number of likely N-dealkylation sites (N-methyl/N-ethyl adjacent to an activating group) is 1. The summed E-state index contributed by atoms with van der Waals surface area (Å²) in [4.78, 5) is 30.5. The van der Waals surface area contributed by atoms with Gasteiger partial charge in [-0.05, 0) is 97.8 Å². The van der Waals surface area contributed by atoms with E-state index >= 15 is 0 Å². The lowest BCUT2D eigenvalue weighted by molar-refractivity contribution is -0.181. The van der Waals surface area contributed by atoms with Crippen LogP contribution >= 0.6 is 23.2 Å². The number of halogens is 2. The van der Waals surface area contributed by atoms with E-state index in [2.05, 4.69) is 20.4 Å². The van der Waals surface area contributed by atoms with Gasteiger partial charge in [-0.3, -0.25) is 14.4 Å². The van der Waals surface area contributed by atoms with Crippen molar-refractivity contribution in [1.29, 1.82) is 0 Å². The molecule has 0 fully saturated rings. The lowest BCUT2D eigenvalue weighted by Gasteiger charge is -2.22. The lowest BCUT2D eigenvalue weighted by Crippen LogP contribution is -2.32. The van der Waals surface area contributed by atoms with E-state index in [0.717, 1.165) is 33.1 Å². The number of carbonyl (C=O) groups is 2. The molecule has 0 aliphatic rings. The van der Waals surface area contributed by atoms with Gasteiger partial charge in [0.1, 0.15) is 50.7 Å². The van der Waals surface area contributed by atoms with E-state index in [-0.39, 0.29) is 17.5 Å². The van der Waals surface area contributed by atoms with E-state index in [4.69, 9.17) is 74.1 Å². The number of aromatic nitrogens is 4. The number of amides is 1. The van der Waals surface area contributed by atoms with Crippen LogP contribution in [-0.4, -0.2) is 93.0 Å². The van der Waals surface area contributed by atoms with Gasteiger partial charge in [-0.1, -0.05) is 47.5 Å². The van der Waals surface area contributed by atoms with Gasteiger partial charge in [0.25, 0.3) is 5.91 Å². The molecule has 0 spiro atoms. The molecule has 18 nitrogen and oxygen atoms in total. The summed E-state index contributed by atoms with van der Waals surface area (Å²) < 4.78 is 54.3. The van der Waals surface area contributed by atoms with Crippen molar-refractivity contribution in [2.24, 2.45) is 0 Å². The fraction of sp³-hybridized carbons (Fsp3) is 0.269. The molecular weight excluding hydrogens is 973 g/mol. The molecule has 4 aromatic carbocycles. The summed E-state index contributed by atoms with van der Waals surface area (Å²) in [7, 11) is 9.13. The summed E-state index contributed by atoms with van der Waals surface area (Å²) in [6.07, 6.45) is 0.0632. The second-order valence-electron chi connectivity index (χ2n) is 15.1. The van der Waals surface area contributed by atoms with E-state index in [1.165, 1.54) is 21.3 Å². The van der Waals surface area contributed by atoms with Crippen molar-refractivity contribution in [2.45, 2.75) is 39.9 Å². The van der Waals surface area contributed by atoms with Gasteiger partial charge >= 0.3 is 0 Å². The Morgan fingerprint density at radius 1 is 0.569 bits per heavy atom. The number of Topliss-reactive ketones (excluding diaryl/α,β-unsaturated/α-hetero) is 1. The van der Waals surface area contributed by atoms with Crippen LogP contribution < -0.4 is 18.9 Å². The smallest absolute Gasteiger partial charge is 0.279 e. The Morgan fingerprint density at radius 2 is 1.01 bits per heavy atom. The monoisotopic (exact) mass is 1030 g/mol. The number of aryl methyl sites for hydroxylation is 2. The Hall–Kier alpha value is -7.48. The van der Waals surface area contributed by atoms with Crippen molar-refractivity contribution in [1.82, 2.24) is 25.5 Å². The van der Waals surface area contributed by atoms with Gasteiger partial charge in [-0.2, -0.15) is 0 Å². The predicted octanol–water partition coefficient (Wildman–Crippen LogP) is 11.7. The summed E-state index contributed by atoms with van der Waals surface area (Å²) >= 11 is 12.3. The molecule has 8 rings (SSSR count). The van der Waals surface area contributed by atoms with E-state index < -0.39 is 12.2 Å². The first-order chi connectivity index (χ1) is 34.8. The SMILES string of the molecule is CCOC(C(=O)N(C)OC)c1ccc(-c2nnc(C)o2)cc1.CCOC(C(=O)c1ccc(-c2cc(OC)c(Cl)c(OC)c2)o1)c1ccc(-c2nnc(C)o2)cc1.COc1cc(-c2ccco2)cc(OC)c1Cl. The van der Waals surface area contributed by atoms with Crippen LogP contribution in [0.25, 0.3) is 45.6 Å². The third kappa shape index (κ3) is 13.1. The summed E-state index contributed by atoms with van der Waals surface area (Å²) in [6.45, 7) is 7.88. The Balaban J connectivity index is 0.000000191. The van der Waals surface area contributed by atoms with Crippen LogP contribution in [0.4, 0.5) is 0 Å². The highest BCUT2D eigenvalue weighted by atomic mass is 35.5. The molecule has 0 N–H and O–H groups in total. The van der Waals surface area contributed by atoms with Gasteiger partial charge in [-0.25, -0.2) is 5.06 Å². The molecule has 1 amide bonds. The number of carbonyl (C=O) groups excluding carboxylic acids is 2. The summed E-state index contributed by atoms with van der Waals surface area (Å²) in [5.41, 5.74) is 4.47.